The summed E-state index contributed by atoms with van der Waals surface area (Å²) < 4.78 is 5.25. The lowest BCUT2D eigenvalue weighted by Gasteiger charge is -2.29. The van der Waals surface area contributed by atoms with Crippen molar-refractivity contribution < 1.29 is 24.5 Å². The smallest absolute Gasteiger partial charge is 0.410 e. The number of rotatable bonds is 4. The van der Waals surface area contributed by atoms with Gasteiger partial charge in [-0.25, -0.2) is 9.59 Å². The number of likely N-dealkylation sites (N-methyl/N-ethyl adjacent to an activating group) is 1. The molecule has 0 heterocycles. The molecule has 0 bridgehead atoms. The first-order valence-corrected chi connectivity index (χ1v) is 8.23. The molecule has 0 radical (unpaired) electrons. The maximum Gasteiger partial charge on any atom is 0.410 e. The van der Waals surface area contributed by atoms with Crippen LogP contribution in [-0.2, 0) is 21.4 Å². The van der Waals surface area contributed by atoms with Crippen molar-refractivity contribution in [3.63, 3.8) is 0 Å². The van der Waals surface area contributed by atoms with Gasteiger partial charge in [0.15, 0.2) is 0 Å². The average molecular weight is 351 g/mol. The Morgan fingerprint density at radius 1 is 1.16 bits per heavy atom. The summed E-state index contributed by atoms with van der Waals surface area (Å²) >= 11 is 0. The summed E-state index contributed by atoms with van der Waals surface area (Å²) in [4.78, 5) is 24.9. The molecule has 0 unspecified atom stereocenters. The zero-order chi connectivity index (χ0) is 19.6. The highest BCUT2D eigenvalue weighted by Crippen LogP contribution is 2.31. The molecule has 0 fully saturated rings. The number of carbonyl (C=O) groups excluding carboxylic acids is 1. The number of phenolic OH excluding ortho intramolecular Hbond substituents is 1. The second kappa shape index (κ2) is 7.33. The van der Waals surface area contributed by atoms with Crippen LogP contribution >= 0.6 is 0 Å². The predicted octanol–water partition coefficient (Wildman–Crippen LogP) is 3.55. The molecule has 1 rings (SSSR count). The number of carbonyl (C=O) groups is 2. The molecule has 0 aliphatic heterocycles. The molecule has 2 N–H and O–H groups in total. The van der Waals surface area contributed by atoms with Crippen molar-refractivity contribution >= 4 is 12.1 Å². The quantitative estimate of drug-likeness (QED) is 0.866. The number of aliphatic carboxylic acids is 1. The third-order valence-electron chi connectivity index (χ3n) is 3.73. The Morgan fingerprint density at radius 3 is 2.16 bits per heavy atom. The molecule has 6 heteroatoms. The first-order valence-electron chi connectivity index (χ1n) is 8.23. The Balaban J connectivity index is 3.07. The van der Waals surface area contributed by atoms with Crippen molar-refractivity contribution in [3.8, 4) is 5.75 Å². The van der Waals surface area contributed by atoms with Crippen LogP contribution in [0.25, 0.3) is 0 Å². The Labute approximate surface area is 149 Å². The number of carboxylic acids is 1. The van der Waals surface area contributed by atoms with E-state index < -0.39 is 23.7 Å². The van der Waals surface area contributed by atoms with E-state index in [1.807, 2.05) is 20.8 Å². The zero-order valence-corrected chi connectivity index (χ0v) is 16.1. The number of ether oxygens (including phenoxy) is 1. The number of carboxylic acid groups (broad SMARTS) is 1. The molecule has 0 spiro atoms. The zero-order valence-electron chi connectivity index (χ0n) is 16.1. The second-order valence-electron chi connectivity index (χ2n) is 8.25. The molecule has 1 amide bonds. The van der Waals surface area contributed by atoms with Gasteiger partial charge in [-0.1, -0.05) is 32.9 Å². The molecule has 25 heavy (non-hydrogen) atoms. The highest BCUT2D eigenvalue weighted by molar-refractivity contribution is 5.80. The number of nitrogens with zero attached hydrogens (tertiary/aromatic N) is 1. The molecule has 0 aliphatic rings. The third-order valence-corrected chi connectivity index (χ3v) is 3.73. The van der Waals surface area contributed by atoms with Crippen molar-refractivity contribution in [1.82, 2.24) is 4.90 Å². The van der Waals surface area contributed by atoms with Crippen LogP contribution in [0, 0.1) is 0 Å². The lowest BCUT2D eigenvalue weighted by Crippen LogP contribution is -2.46. The van der Waals surface area contributed by atoms with E-state index in [4.69, 9.17) is 4.74 Å². The molecule has 0 aromatic heterocycles. The Hall–Kier alpha value is -2.24. The minimum absolute atomic E-state index is 0.119. The molecule has 1 aromatic carbocycles. The van der Waals surface area contributed by atoms with Crippen LogP contribution in [0.5, 0.6) is 5.75 Å². The van der Waals surface area contributed by atoms with Gasteiger partial charge in [-0.15, -0.1) is 0 Å². The van der Waals surface area contributed by atoms with Crippen molar-refractivity contribution in [3.05, 3.63) is 29.3 Å². The number of benzene rings is 1. The molecule has 1 atom stereocenters. The number of hydrogen-bond donors (Lipinski definition) is 2. The maximum absolute atomic E-state index is 12.2. The van der Waals surface area contributed by atoms with Crippen molar-refractivity contribution in [1.29, 1.82) is 0 Å². The van der Waals surface area contributed by atoms with Gasteiger partial charge in [0.2, 0.25) is 0 Å². The van der Waals surface area contributed by atoms with E-state index in [2.05, 4.69) is 0 Å². The van der Waals surface area contributed by atoms with Crippen LogP contribution in [0.4, 0.5) is 4.79 Å². The monoisotopic (exact) mass is 351 g/mol. The molecule has 0 aliphatic carbocycles. The van der Waals surface area contributed by atoms with Gasteiger partial charge in [-0.3, -0.25) is 4.90 Å². The SMILES string of the molecule is CN(C(=O)OC(C)(C)C)[C@@H](Cc1ccc(O)c(C(C)(C)C)c1)C(=O)O. The largest absolute Gasteiger partial charge is 0.508 e. The summed E-state index contributed by atoms with van der Waals surface area (Å²) in [6.45, 7) is 11.1. The van der Waals surface area contributed by atoms with Gasteiger partial charge in [-0.2, -0.15) is 0 Å². The van der Waals surface area contributed by atoms with E-state index in [1.165, 1.54) is 7.05 Å². The van der Waals surface area contributed by atoms with E-state index in [-0.39, 0.29) is 17.6 Å². The van der Waals surface area contributed by atoms with E-state index in [9.17, 15) is 19.8 Å². The fourth-order valence-corrected chi connectivity index (χ4v) is 2.39. The molecule has 0 saturated heterocycles. The Kier molecular flexibility index (Phi) is 6.10. The van der Waals surface area contributed by atoms with Gasteiger partial charge < -0.3 is 14.9 Å². The molecular formula is C19H29NO5. The minimum atomic E-state index is -1.11. The van der Waals surface area contributed by atoms with Crippen LogP contribution in [0.2, 0.25) is 0 Å². The first kappa shape index (κ1) is 20.8. The molecule has 0 saturated carbocycles. The lowest BCUT2D eigenvalue weighted by atomic mass is 9.84. The number of aromatic hydroxyl groups is 1. The van der Waals surface area contributed by atoms with Crippen LogP contribution in [0.1, 0.15) is 52.7 Å². The lowest BCUT2D eigenvalue weighted by molar-refractivity contribution is -0.142. The third kappa shape index (κ3) is 5.96. The van der Waals surface area contributed by atoms with Gasteiger partial charge in [0.1, 0.15) is 17.4 Å². The predicted molar refractivity (Wildman–Crippen MR) is 95.9 cm³/mol. The van der Waals surface area contributed by atoms with E-state index >= 15 is 0 Å². The summed E-state index contributed by atoms with van der Waals surface area (Å²) in [5.74, 6) is -0.942. The average Bonchev–Trinajstić information content (AvgIpc) is 2.42. The number of amides is 1. The number of hydrogen-bond acceptors (Lipinski definition) is 4. The molecule has 1 aromatic rings. The number of phenols is 1. The second-order valence-corrected chi connectivity index (χ2v) is 8.25. The topological polar surface area (TPSA) is 87.1 Å². The molecular weight excluding hydrogens is 322 g/mol. The van der Waals surface area contributed by atoms with E-state index in [0.717, 1.165) is 16.0 Å². The minimum Gasteiger partial charge on any atom is -0.508 e. The van der Waals surface area contributed by atoms with E-state index in [0.29, 0.717) is 0 Å². The van der Waals surface area contributed by atoms with Crippen molar-refractivity contribution in [2.45, 2.75) is 65.0 Å². The Bertz CT molecular complexity index is 640. The van der Waals surface area contributed by atoms with Gasteiger partial charge in [-0.05, 0) is 43.4 Å². The summed E-state index contributed by atoms with van der Waals surface area (Å²) in [6.07, 6.45) is -0.566. The van der Waals surface area contributed by atoms with Gasteiger partial charge in [0.25, 0.3) is 0 Å². The maximum atomic E-state index is 12.2. The van der Waals surface area contributed by atoms with Crippen LogP contribution in [0.15, 0.2) is 18.2 Å². The Morgan fingerprint density at radius 2 is 1.72 bits per heavy atom. The van der Waals surface area contributed by atoms with Gasteiger partial charge in [0.05, 0.1) is 0 Å². The normalized spacial score (nSPS) is 13.2. The first-order chi connectivity index (χ1) is 11.2. The van der Waals surface area contributed by atoms with Crippen molar-refractivity contribution in [2.75, 3.05) is 7.05 Å². The standard InChI is InChI=1S/C19H29NO5/c1-18(2,3)13-10-12(8-9-15(13)21)11-14(16(22)23)20(7)17(24)25-19(4,5)6/h8-10,14,21H,11H2,1-7H3,(H,22,23)/t14-/m0/s1. The molecule has 140 valence electrons. The van der Waals surface area contributed by atoms with Crippen molar-refractivity contribution in [2.24, 2.45) is 0 Å². The summed E-state index contributed by atoms with van der Waals surface area (Å²) in [5, 5.41) is 19.6. The van der Waals surface area contributed by atoms with Gasteiger partial charge in [0, 0.05) is 13.5 Å². The fourth-order valence-electron chi connectivity index (χ4n) is 2.39. The highest BCUT2D eigenvalue weighted by Gasteiger charge is 2.30. The fraction of sp³-hybridized carbons (Fsp3) is 0.579. The summed E-state index contributed by atoms with van der Waals surface area (Å²) in [5.41, 5.74) is 0.474. The van der Waals surface area contributed by atoms with Crippen LogP contribution in [0.3, 0.4) is 0 Å². The van der Waals surface area contributed by atoms with Gasteiger partial charge >= 0.3 is 12.1 Å². The highest BCUT2D eigenvalue weighted by atomic mass is 16.6. The van der Waals surface area contributed by atoms with Crippen LogP contribution in [-0.4, -0.2) is 45.9 Å². The van der Waals surface area contributed by atoms with Crippen LogP contribution < -0.4 is 0 Å². The summed E-state index contributed by atoms with van der Waals surface area (Å²) in [6, 6.07) is 3.95. The summed E-state index contributed by atoms with van der Waals surface area (Å²) in [7, 11) is 1.41. The molecule has 6 nitrogen and oxygen atoms in total. The van der Waals surface area contributed by atoms with E-state index in [1.54, 1.807) is 39.0 Å².